The number of aliphatic imine (C=N–C) groups is 1. The summed E-state index contributed by atoms with van der Waals surface area (Å²) in [5.74, 6) is 0.546. The van der Waals surface area contributed by atoms with Gasteiger partial charge in [0, 0.05) is 11.1 Å². The molecule has 0 fully saturated rings. The first-order valence-electron chi connectivity index (χ1n) is 7.26. The van der Waals surface area contributed by atoms with Crippen LogP contribution < -0.4 is 0 Å². The van der Waals surface area contributed by atoms with Crippen LogP contribution in [0.15, 0.2) is 78.2 Å². The standard InChI is InChI=1S/C18H13N5/c1-3-7-13(8-4-1)16(14-9-5-2-6-10-14)22-15-11-19-17-18(23-15)21-12-20-17/h1-12H,(H,19,20,21,23). The molecule has 0 bridgehead atoms. The van der Waals surface area contributed by atoms with Crippen LogP contribution in [0.5, 0.6) is 0 Å². The fourth-order valence-electron chi connectivity index (χ4n) is 2.38. The fraction of sp³-hybridized carbons (Fsp3) is 0. The Kier molecular flexibility index (Phi) is 3.37. The van der Waals surface area contributed by atoms with Gasteiger partial charge in [-0.15, -0.1) is 0 Å². The van der Waals surface area contributed by atoms with Crippen LogP contribution in [0.3, 0.4) is 0 Å². The highest BCUT2D eigenvalue weighted by molar-refractivity contribution is 6.13. The molecule has 2 aromatic carbocycles. The second kappa shape index (κ2) is 5.81. The van der Waals surface area contributed by atoms with E-state index in [9.17, 15) is 0 Å². The summed E-state index contributed by atoms with van der Waals surface area (Å²) in [7, 11) is 0. The van der Waals surface area contributed by atoms with Gasteiger partial charge in [-0.25, -0.2) is 19.9 Å². The van der Waals surface area contributed by atoms with Gasteiger partial charge >= 0.3 is 0 Å². The van der Waals surface area contributed by atoms with E-state index in [-0.39, 0.29) is 0 Å². The topological polar surface area (TPSA) is 66.8 Å². The summed E-state index contributed by atoms with van der Waals surface area (Å²) >= 11 is 0. The van der Waals surface area contributed by atoms with Crippen LogP contribution in [0.25, 0.3) is 11.3 Å². The Balaban J connectivity index is 1.87. The van der Waals surface area contributed by atoms with Gasteiger partial charge in [-0.1, -0.05) is 60.7 Å². The van der Waals surface area contributed by atoms with Gasteiger partial charge in [0.1, 0.15) is 0 Å². The van der Waals surface area contributed by atoms with E-state index in [1.165, 1.54) is 0 Å². The van der Waals surface area contributed by atoms with Crippen molar-refractivity contribution in [1.29, 1.82) is 0 Å². The molecule has 1 N–H and O–H groups in total. The van der Waals surface area contributed by atoms with Gasteiger partial charge in [-0.2, -0.15) is 0 Å². The first-order chi connectivity index (χ1) is 11.4. The van der Waals surface area contributed by atoms with E-state index in [0.717, 1.165) is 16.8 Å². The van der Waals surface area contributed by atoms with Crippen LogP contribution in [0, 0.1) is 0 Å². The van der Waals surface area contributed by atoms with E-state index in [1.807, 2.05) is 60.7 Å². The largest absolute Gasteiger partial charge is 0.328 e. The summed E-state index contributed by atoms with van der Waals surface area (Å²) in [5.41, 5.74) is 4.14. The molecule has 0 aliphatic rings. The Hall–Kier alpha value is -3.34. The molecule has 4 rings (SSSR count). The number of benzene rings is 2. The lowest BCUT2D eigenvalue weighted by Crippen LogP contribution is -2.03. The SMILES string of the molecule is c1ccc(C(=Nc2cnc3nc[nH]c3n2)c2ccccc2)cc1. The molecule has 0 unspecified atom stereocenters. The average Bonchev–Trinajstić information content (AvgIpc) is 3.09. The smallest absolute Gasteiger partial charge is 0.197 e. The zero-order chi connectivity index (χ0) is 15.5. The van der Waals surface area contributed by atoms with E-state index in [0.29, 0.717) is 17.1 Å². The quantitative estimate of drug-likeness (QED) is 0.588. The van der Waals surface area contributed by atoms with Crippen molar-refractivity contribution < 1.29 is 0 Å². The molecule has 0 atom stereocenters. The molecule has 5 heteroatoms. The highest BCUT2D eigenvalue weighted by atomic mass is 15.1. The van der Waals surface area contributed by atoms with Crippen LogP contribution in [-0.2, 0) is 0 Å². The number of H-pyrrole nitrogens is 1. The Bertz CT molecular complexity index is 917. The zero-order valence-electron chi connectivity index (χ0n) is 12.2. The van der Waals surface area contributed by atoms with Gasteiger partial charge in [0.25, 0.3) is 0 Å². The zero-order valence-corrected chi connectivity index (χ0v) is 12.2. The minimum Gasteiger partial charge on any atom is -0.328 e. The van der Waals surface area contributed by atoms with Gasteiger partial charge in [0.05, 0.1) is 18.2 Å². The second-order valence-electron chi connectivity index (χ2n) is 5.00. The highest BCUT2D eigenvalue weighted by Crippen LogP contribution is 2.17. The number of imidazole rings is 1. The third-order valence-corrected chi connectivity index (χ3v) is 3.45. The predicted molar refractivity (Wildman–Crippen MR) is 89.9 cm³/mol. The second-order valence-corrected chi connectivity index (χ2v) is 5.00. The molecule has 0 amide bonds. The van der Waals surface area contributed by atoms with Gasteiger partial charge in [-0.05, 0) is 0 Å². The summed E-state index contributed by atoms with van der Waals surface area (Å²) in [4.78, 5) is 20.5. The van der Waals surface area contributed by atoms with Crippen LogP contribution in [-0.4, -0.2) is 25.6 Å². The summed E-state index contributed by atoms with van der Waals surface area (Å²) in [6.07, 6.45) is 3.21. The Morgan fingerprint density at radius 3 is 2.13 bits per heavy atom. The molecule has 0 saturated heterocycles. The summed E-state index contributed by atoms with van der Waals surface area (Å²) in [5, 5.41) is 0. The van der Waals surface area contributed by atoms with Crippen molar-refractivity contribution in [2.75, 3.05) is 0 Å². The molecule has 5 nitrogen and oxygen atoms in total. The molecule has 0 saturated carbocycles. The van der Waals surface area contributed by atoms with Crippen molar-refractivity contribution in [2.45, 2.75) is 0 Å². The van der Waals surface area contributed by atoms with E-state index in [2.05, 4.69) is 19.9 Å². The summed E-state index contributed by atoms with van der Waals surface area (Å²) in [6.45, 7) is 0. The molecule has 2 aromatic heterocycles. The third-order valence-electron chi connectivity index (χ3n) is 3.45. The van der Waals surface area contributed by atoms with Gasteiger partial charge in [0.15, 0.2) is 17.1 Å². The van der Waals surface area contributed by atoms with Gasteiger partial charge in [0.2, 0.25) is 0 Å². The van der Waals surface area contributed by atoms with E-state index < -0.39 is 0 Å². The van der Waals surface area contributed by atoms with Crippen molar-refractivity contribution in [3.8, 4) is 0 Å². The lowest BCUT2D eigenvalue weighted by atomic mass is 10.0. The first kappa shape index (κ1) is 13.3. The molecule has 0 aliphatic heterocycles. The van der Waals surface area contributed by atoms with Crippen molar-refractivity contribution >= 4 is 22.8 Å². The Morgan fingerprint density at radius 2 is 1.48 bits per heavy atom. The molecule has 4 aromatic rings. The van der Waals surface area contributed by atoms with E-state index >= 15 is 0 Å². The fourth-order valence-corrected chi connectivity index (χ4v) is 2.38. The molecule has 110 valence electrons. The number of aromatic amines is 1. The van der Waals surface area contributed by atoms with Crippen molar-refractivity contribution in [3.63, 3.8) is 0 Å². The van der Waals surface area contributed by atoms with Crippen LogP contribution in [0.1, 0.15) is 11.1 Å². The molecule has 23 heavy (non-hydrogen) atoms. The van der Waals surface area contributed by atoms with Crippen molar-refractivity contribution in [3.05, 3.63) is 84.3 Å². The lowest BCUT2D eigenvalue weighted by molar-refractivity contribution is 1.22. The normalized spacial score (nSPS) is 10.6. The predicted octanol–water partition coefficient (Wildman–Crippen LogP) is 3.52. The van der Waals surface area contributed by atoms with Crippen LogP contribution in [0.2, 0.25) is 0 Å². The maximum atomic E-state index is 4.72. The molecule has 0 spiro atoms. The van der Waals surface area contributed by atoms with E-state index in [1.54, 1.807) is 12.5 Å². The van der Waals surface area contributed by atoms with E-state index in [4.69, 9.17) is 4.99 Å². The monoisotopic (exact) mass is 299 g/mol. The van der Waals surface area contributed by atoms with Crippen LogP contribution >= 0.6 is 0 Å². The number of nitrogens with zero attached hydrogens (tertiary/aromatic N) is 4. The van der Waals surface area contributed by atoms with Crippen LogP contribution in [0.4, 0.5) is 5.82 Å². The number of rotatable bonds is 3. The minimum absolute atomic E-state index is 0.546. The Labute approximate surface area is 132 Å². The molecular formula is C18H13N5. The number of nitrogens with one attached hydrogen (secondary N) is 1. The van der Waals surface area contributed by atoms with Gasteiger partial charge in [-0.3, -0.25) is 0 Å². The molecule has 0 aliphatic carbocycles. The molecular weight excluding hydrogens is 286 g/mol. The average molecular weight is 299 g/mol. The summed E-state index contributed by atoms with van der Waals surface area (Å²) < 4.78 is 0. The number of aromatic nitrogens is 4. The number of hydrogen-bond acceptors (Lipinski definition) is 4. The number of fused-ring (bicyclic) bond motifs is 1. The van der Waals surface area contributed by atoms with Gasteiger partial charge < -0.3 is 4.98 Å². The highest BCUT2D eigenvalue weighted by Gasteiger charge is 2.08. The molecule has 2 heterocycles. The van der Waals surface area contributed by atoms with Crippen molar-refractivity contribution in [2.24, 2.45) is 4.99 Å². The maximum Gasteiger partial charge on any atom is 0.197 e. The minimum atomic E-state index is 0.546. The Morgan fingerprint density at radius 1 is 0.826 bits per heavy atom. The maximum absolute atomic E-state index is 4.72. The van der Waals surface area contributed by atoms with Crippen molar-refractivity contribution in [1.82, 2.24) is 19.9 Å². The lowest BCUT2D eigenvalue weighted by Gasteiger charge is -2.07. The summed E-state index contributed by atoms with van der Waals surface area (Å²) in [6, 6.07) is 20.1. The molecule has 0 radical (unpaired) electrons. The number of hydrogen-bond donors (Lipinski definition) is 1. The third kappa shape index (κ3) is 2.72. The first-order valence-corrected chi connectivity index (χ1v) is 7.26.